The van der Waals surface area contributed by atoms with E-state index in [9.17, 15) is 0 Å². The lowest BCUT2D eigenvalue weighted by Gasteiger charge is -2.71. The summed E-state index contributed by atoms with van der Waals surface area (Å²) >= 11 is 0. The van der Waals surface area contributed by atoms with Crippen LogP contribution in [-0.2, 0) is 0 Å². The quantitative estimate of drug-likeness (QED) is 0.0655. The van der Waals surface area contributed by atoms with Gasteiger partial charge in [0.1, 0.15) is 0 Å². The van der Waals surface area contributed by atoms with Crippen molar-refractivity contribution in [2.45, 2.75) is 406 Å². The van der Waals surface area contributed by atoms with Gasteiger partial charge >= 0.3 is 0 Å². The fourth-order valence-electron chi connectivity index (χ4n) is 22.2. The molecule has 0 aliphatic rings. The second kappa shape index (κ2) is 26.1. The summed E-state index contributed by atoms with van der Waals surface area (Å²) in [7, 11) is -47.8. The molecule has 0 aliphatic carbocycles. The lowest BCUT2D eigenvalue weighted by atomic mass is 11.8. The van der Waals surface area contributed by atoms with E-state index in [2.05, 4.69) is 406 Å². The van der Waals surface area contributed by atoms with Gasteiger partial charge in [-0.15, -0.1) is 0 Å². The first kappa shape index (κ1) is 98.5. The molecule has 0 unspecified atom stereocenters. The van der Waals surface area contributed by atoms with E-state index in [1.165, 1.54) is 0 Å². The Hall–Kier alpha value is 6.51. The Bertz CT molecular complexity index is 2470. The van der Waals surface area contributed by atoms with Crippen molar-refractivity contribution >= 4 is 214 Å². The summed E-state index contributed by atoms with van der Waals surface area (Å²) in [6, 6.07) is 0. The molecule has 0 nitrogen and oxygen atoms in total. The molecule has 554 valence electrons. The molecule has 0 fully saturated rings. The fraction of sp³-hybridized carbons (Fsp3) is 1.00. The fourth-order valence-corrected chi connectivity index (χ4v) is 1150. The van der Waals surface area contributed by atoms with Gasteiger partial charge in [0.05, 0.1) is 0 Å². The molecule has 0 rings (SSSR count). The Labute approximate surface area is 612 Å². The minimum Gasteiger partial charge on any atom is -0.0735 e. The topological polar surface area (TPSA) is 0 Å². The molecule has 92 heavy (non-hydrogen) atoms. The normalized spacial score (nSPS) is 17.7. The SMILES string of the molecule is C[Si](C)(C)[Si](C)(C)[Si](C)(C)[Si](C)(C)[Si](C)(C)[Si](C)(C)[Si](C)(C)[Si](C)(C)[Si](C)(C)[Si](C)(C)[Si](C)(C)[Si](C)(C)[Si](C)(C)[Si](C)(C)[Si](C)(C)[Si](C)(C)[Si](C)(C)[Si](C)(C)[Si](C)(C)[Si](C)(C)[Si](C)(C)[Si](C)(C)[Si](C)(C)[Si](C)(C)[Si](C)(C)[Si](C)(C)[Si](C)(C)[Si](C)(C)[Si](C)(C)[Si](C)(C)C. The van der Waals surface area contributed by atoms with Gasteiger partial charge in [-0.2, -0.15) is 0 Å². The Morgan fingerprint density at radius 3 is 0.120 bits per heavy atom. The standard InChI is InChI=1S/C62H186Si30/c1-63(2,3)65(7,8)67(11,12)69(15,16)71(19,20)73(23,24)75(27,28)77(31,32)79(35,36)81(39,40)83(43,44)85(47,48)87(51,52)89(55,56)91(59,60)92(61,62)90(57,58)88(53,54)86(49,50)84(45,46)82(41,42)80(37,38)78(33,34)76(29,30)74(25,26)72(21,22)70(17,18)68(13,14)66(9,10)64(4,5)6/h1-62H3. The summed E-state index contributed by atoms with van der Waals surface area (Å²) < 4.78 is 0. The molecule has 0 amide bonds. The van der Waals surface area contributed by atoms with Crippen molar-refractivity contribution in [3.05, 3.63) is 0 Å². The van der Waals surface area contributed by atoms with Crippen molar-refractivity contribution in [2.75, 3.05) is 0 Å². The maximum absolute atomic E-state index is 3.20. The lowest BCUT2D eigenvalue weighted by Crippen LogP contribution is -2.99. The molecule has 0 bridgehead atoms. The zero-order valence-corrected chi connectivity index (χ0v) is 107. The number of rotatable bonds is 29. The Morgan fingerprint density at radius 2 is 0.0870 bits per heavy atom. The van der Waals surface area contributed by atoms with E-state index in [0.29, 0.717) is 0 Å². The van der Waals surface area contributed by atoms with Crippen LogP contribution in [0.5, 0.6) is 0 Å². The molecule has 0 aromatic heterocycles. The van der Waals surface area contributed by atoms with Crippen molar-refractivity contribution in [3.8, 4) is 0 Å². The molecular formula is C62H186Si30. The molecule has 0 N–H and O–H groups in total. The van der Waals surface area contributed by atoms with E-state index in [-0.39, 0.29) is 0 Å². The van der Waals surface area contributed by atoms with Crippen LogP contribution in [0.25, 0.3) is 0 Å². The highest BCUT2D eigenvalue weighted by molar-refractivity contribution is 8.16. The Morgan fingerprint density at radius 1 is 0.0543 bits per heavy atom. The highest BCUT2D eigenvalue weighted by Gasteiger charge is 2.80. The van der Waals surface area contributed by atoms with Gasteiger partial charge in [-0.05, 0) is 0 Å². The highest BCUT2D eigenvalue weighted by atomic mass is 30.2. The summed E-state index contributed by atoms with van der Waals surface area (Å²) in [6.45, 7) is 193. The molecule has 0 saturated carbocycles. The monoisotopic (exact) mass is 1770 g/mol. The third-order valence-electron chi connectivity index (χ3n) is 45.9. The molecular weight excluding hydrogens is 1590 g/mol. The first-order chi connectivity index (χ1) is 38.2. The van der Waals surface area contributed by atoms with Gasteiger partial charge in [0, 0.05) is 214 Å². The summed E-state index contributed by atoms with van der Waals surface area (Å²) in [4.78, 5) is 0. The molecule has 0 atom stereocenters. The molecule has 30 heteroatoms. The van der Waals surface area contributed by atoms with Gasteiger partial charge in [0.25, 0.3) is 0 Å². The molecule has 0 aliphatic heterocycles. The maximum Gasteiger partial charge on any atom is 0.0354 e. The smallest absolute Gasteiger partial charge is 0.0354 e. The molecule has 0 aromatic carbocycles. The van der Waals surface area contributed by atoms with Crippen LogP contribution < -0.4 is 0 Å². The van der Waals surface area contributed by atoms with E-state index < -0.39 is 214 Å². The van der Waals surface area contributed by atoms with Crippen LogP contribution in [0.1, 0.15) is 0 Å². The zero-order chi connectivity index (χ0) is 77.0. The van der Waals surface area contributed by atoms with Crippen molar-refractivity contribution in [2.24, 2.45) is 0 Å². The largest absolute Gasteiger partial charge is 0.0735 e. The van der Waals surface area contributed by atoms with Crippen molar-refractivity contribution in [1.29, 1.82) is 0 Å². The summed E-state index contributed by atoms with van der Waals surface area (Å²) in [5, 5.41) is 0. The van der Waals surface area contributed by atoms with Crippen LogP contribution >= 0.6 is 0 Å². The van der Waals surface area contributed by atoms with Crippen LogP contribution in [0.15, 0.2) is 0 Å². The highest BCUT2D eigenvalue weighted by Crippen LogP contribution is 2.56. The van der Waals surface area contributed by atoms with Gasteiger partial charge in [0.2, 0.25) is 0 Å². The first-order valence-electron chi connectivity index (χ1n) is 38.2. The van der Waals surface area contributed by atoms with Crippen LogP contribution in [0.3, 0.4) is 0 Å². The van der Waals surface area contributed by atoms with E-state index in [4.69, 9.17) is 0 Å². The predicted octanol–water partition coefficient (Wildman–Crippen LogP) is 24.8. The van der Waals surface area contributed by atoms with E-state index in [1.807, 2.05) is 0 Å². The van der Waals surface area contributed by atoms with Crippen molar-refractivity contribution in [3.63, 3.8) is 0 Å². The molecule has 0 spiro atoms. The second-order valence-electron chi connectivity index (χ2n) is 50.0. The number of hydrogen-bond acceptors (Lipinski definition) is 0. The number of hydrogen-bond donors (Lipinski definition) is 0. The minimum absolute atomic E-state index is 1.23. The van der Waals surface area contributed by atoms with Gasteiger partial charge in [-0.25, -0.2) is 0 Å². The summed E-state index contributed by atoms with van der Waals surface area (Å²) in [5.41, 5.74) is 0. The van der Waals surface area contributed by atoms with Gasteiger partial charge in [-0.3, -0.25) is 0 Å². The predicted molar refractivity (Wildman–Crippen MR) is 536 cm³/mol. The molecule has 0 heterocycles. The summed E-state index contributed by atoms with van der Waals surface area (Å²) in [5.74, 6) is 0. The second-order valence-corrected chi connectivity index (χ2v) is 411. The van der Waals surface area contributed by atoms with Crippen LogP contribution in [0, 0.1) is 0 Å². The van der Waals surface area contributed by atoms with Gasteiger partial charge in [-0.1, -0.05) is 406 Å². The maximum atomic E-state index is 3.20. The van der Waals surface area contributed by atoms with Crippen LogP contribution in [-0.4, -0.2) is 214 Å². The molecule has 0 aromatic rings. The van der Waals surface area contributed by atoms with Crippen LogP contribution in [0.2, 0.25) is 406 Å². The Balaban J connectivity index is 8.39. The van der Waals surface area contributed by atoms with Crippen molar-refractivity contribution < 1.29 is 0 Å². The zero-order valence-electron chi connectivity index (χ0n) is 77.0. The van der Waals surface area contributed by atoms with Crippen molar-refractivity contribution in [1.82, 2.24) is 0 Å². The minimum atomic E-state index is -1.72. The average Bonchev–Trinajstić information content (AvgIpc) is 0.685. The average molecular weight is 1770 g/mol. The van der Waals surface area contributed by atoms with Gasteiger partial charge < -0.3 is 0 Å². The molecule has 0 radical (unpaired) electrons. The lowest BCUT2D eigenvalue weighted by molar-refractivity contribution is 1.71. The first-order valence-corrected chi connectivity index (χ1v) is 158. The summed E-state index contributed by atoms with van der Waals surface area (Å²) in [6.07, 6.45) is 0. The van der Waals surface area contributed by atoms with E-state index in [0.717, 1.165) is 0 Å². The Kier molecular flexibility index (Phi) is 28.0. The van der Waals surface area contributed by atoms with E-state index >= 15 is 0 Å². The van der Waals surface area contributed by atoms with Gasteiger partial charge in [0.15, 0.2) is 0 Å². The van der Waals surface area contributed by atoms with E-state index in [1.54, 1.807) is 0 Å². The third kappa shape index (κ3) is 12.3. The third-order valence-corrected chi connectivity index (χ3v) is 791. The van der Waals surface area contributed by atoms with Crippen LogP contribution in [0.4, 0.5) is 0 Å². The molecule has 0 saturated heterocycles.